The second kappa shape index (κ2) is 4.42. The summed E-state index contributed by atoms with van der Waals surface area (Å²) >= 11 is 6.56. The molecule has 0 amide bonds. The quantitative estimate of drug-likeness (QED) is 0.379. The van der Waals surface area contributed by atoms with Crippen molar-refractivity contribution in [1.82, 2.24) is 0 Å². The summed E-state index contributed by atoms with van der Waals surface area (Å²) in [7, 11) is 0. The number of rotatable bonds is 0. The van der Waals surface area contributed by atoms with Gasteiger partial charge < -0.3 is 0 Å². The molecular weight excluding hydrogens is 499 g/mol. The van der Waals surface area contributed by atoms with Gasteiger partial charge in [0.25, 0.3) is 0 Å². The van der Waals surface area contributed by atoms with Crippen LogP contribution in [0.4, 0.5) is 0 Å². The van der Waals surface area contributed by atoms with Gasteiger partial charge >= 0.3 is 41.0 Å². The number of hydrogen-bond acceptors (Lipinski definition) is 0. The molecule has 15 heavy (non-hydrogen) atoms. The maximum absolute atomic E-state index is 3.17. The van der Waals surface area contributed by atoms with Crippen LogP contribution in [0.15, 0.2) is 22.3 Å². The van der Waals surface area contributed by atoms with E-state index in [1.807, 2.05) is 0 Å². The molecule has 3 heteroatoms. The molecular formula is C12H18Br2Pt. The molecule has 0 N–H and O–H groups in total. The Bertz CT molecular complexity index is 295. The molecule has 0 aromatic rings. The maximum atomic E-state index is 3.17. The van der Waals surface area contributed by atoms with Crippen molar-refractivity contribution in [3.05, 3.63) is 22.3 Å². The molecule has 2 aliphatic carbocycles. The molecule has 0 saturated heterocycles. The van der Waals surface area contributed by atoms with Crippen molar-refractivity contribution < 1.29 is 14.5 Å². The van der Waals surface area contributed by atoms with Gasteiger partial charge in [-0.1, -0.05) is 36.1 Å². The normalized spacial score (nSPS) is 37.9. The molecule has 0 heterocycles. The molecule has 0 aromatic carbocycles. The van der Waals surface area contributed by atoms with Crippen molar-refractivity contribution in [1.29, 1.82) is 0 Å². The van der Waals surface area contributed by atoms with Gasteiger partial charge in [0.05, 0.1) is 0 Å². The molecule has 0 radical (unpaired) electrons. The molecule has 0 nitrogen and oxygen atoms in total. The summed E-state index contributed by atoms with van der Waals surface area (Å²) in [6.07, 6.45) is 0. The zero-order valence-electron chi connectivity index (χ0n) is 10.1. The van der Waals surface area contributed by atoms with E-state index in [2.05, 4.69) is 68.1 Å². The standard InChI is InChI=1S/C12H18.2BrH.Pt/c1-7-8(2)12(6)10(4)9(3)11(7,12)5;;;/h1-6H3;2*1H;/q;;;+2/p-2. The fourth-order valence-electron chi connectivity index (χ4n) is 3.44. The zero-order valence-corrected chi connectivity index (χ0v) is 15.5. The van der Waals surface area contributed by atoms with Crippen LogP contribution in [0.5, 0.6) is 0 Å². The van der Waals surface area contributed by atoms with E-state index in [0.29, 0.717) is 10.8 Å². The number of halogens is 2. The summed E-state index contributed by atoms with van der Waals surface area (Å²) in [6, 6.07) is 0. The average molecular weight is 517 g/mol. The summed E-state index contributed by atoms with van der Waals surface area (Å²) in [5.41, 5.74) is 7.25. The third kappa shape index (κ3) is 1.47. The van der Waals surface area contributed by atoms with Crippen LogP contribution in [0, 0.1) is 10.8 Å². The molecule has 2 aliphatic rings. The topological polar surface area (TPSA) is 0 Å². The minimum atomic E-state index is 0.208. The molecule has 0 aromatic heterocycles. The first kappa shape index (κ1) is 14.2. The molecule has 0 aliphatic heterocycles. The monoisotopic (exact) mass is 515 g/mol. The first-order valence-corrected chi connectivity index (χ1v) is 14.9. The second-order valence-corrected chi connectivity index (χ2v) is 14.7. The van der Waals surface area contributed by atoms with E-state index in [1.54, 1.807) is 22.3 Å². The van der Waals surface area contributed by atoms with Crippen molar-refractivity contribution in [2.75, 3.05) is 0 Å². The second-order valence-electron chi connectivity index (χ2n) is 4.80. The van der Waals surface area contributed by atoms with Crippen molar-refractivity contribution in [3.8, 4) is 0 Å². The number of fused-ring (bicyclic) bond motifs is 1. The Morgan fingerprint density at radius 1 is 0.733 bits per heavy atom. The molecule has 90 valence electrons. The molecule has 2 rings (SSSR count). The fourth-order valence-corrected chi connectivity index (χ4v) is 3.44. The van der Waals surface area contributed by atoms with Gasteiger partial charge in [0, 0.05) is 10.8 Å². The third-order valence-corrected chi connectivity index (χ3v) is 5.12. The molecule has 0 atom stereocenters. The third-order valence-electron chi connectivity index (χ3n) is 5.12. The van der Waals surface area contributed by atoms with E-state index in [0.717, 1.165) is 0 Å². The summed E-state index contributed by atoms with van der Waals surface area (Å²) in [5.74, 6) is 0. The fraction of sp³-hybridized carbons (Fsp3) is 0.667. The van der Waals surface area contributed by atoms with Crippen LogP contribution in [-0.4, -0.2) is 0 Å². The number of hydrogen-bond donors (Lipinski definition) is 0. The Kier molecular flexibility index (Phi) is 4.18. The van der Waals surface area contributed by atoms with Crippen LogP contribution in [0.1, 0.15) is 41.5 Å². The van der Waals surface area contributed by atoms with Crippen LogP contribution < -0.4 is 0 Å². The Morgan fingerprint density at radius 2 is 0.867 bits per heavy atom. The van der Waals surface area contributed by atoms with Gasteiger partial charge in [0.1, 0.15) is 0 Å². The van der Waals surface area contributed by atoms with Gasteiger partial charge in [-0.3, -0.25) is 0 Å². The van der Waals surface area contributed by atoms with E-state index in [-0.39, 0.29) is 14.5 Å². The van der Waals surface area contributed by atoms with Gasteiger partial charge in [0.15, 0.2) is 0 Å². The van der Waals surface area contributed by atoms with Gasteiger partial charge in [0.2, 0.25) is 0 Å². The van der Waals surface area contributed by atoms with E-state index in [4.69, 9.17) is 0 Å². The van der Waals surface area contributed by atoms with Crippen molar-refractivity contribution in [3.63, 3.8) is 0 Å². The van der Waals surface area contributed by atoms with E-state index < -0.39 is 0 Å². The summed E-state index contributed by atoms with van der Waals surface area (Å²) in [6.45, 7) is 13.9. The molecule has 0 bridgehead atoms. The van der Waals surface area contributed by atoms with Crippen molar-refractivity contribution >= 4 is 26.6 Å². The molecule has 0 saturated carbocycles. The van der Waals surface area contributed by atoms with Crippen LogP contribution >= 0.6 is 26.6 Å². The van der Waals surface area contributed by atoms with E-state index >= 15 is 0 Å². The van der Waals surface area contributed by atoms with Crippen LogP contribution in [-0.2, 0) is 14.5 Å². The van der Waals surface area contributed by atoms with Gasteiger partial charge in [-0.05, 0) is 27.7 Å². The van der Waals surface area contributed by atoms with Gasteiger partial charge in [-0.2, -0.15) is 0 Å². The zero-order chi connectivity index (χ0) is 12.0. The Hall–Kier alpha value is 1.13. The first-order chi connectivity index (χ1) is 6.79. The molecule has 0 fully saturated rings. The van der Waals surface area contributed by atoms with Crippen molar-refractivity contribution in [2.24, 2.45) is 10.8 Å². The van der Waals surface area contributed by atoms with Crippen LogP contribution in [0.25, 0.3) is 0 Å². The van der Waals surface area contributed by atoms with Crippen LogP contribution in [0.3, 0.4) is 0 Å². The Balaban J connectivity index is 0.000000337. The van der Waals surface area contributed by atoms with Gasteiger partial charge in [-0.25, -0.2) is 0 Å². The predicted molar refractivity (Wildman–Crippen MR) is 70.8 cm³/mol. The summed E-state index contributed by atoms with van der Waals surface area (Å²) in [4.78, 5) is 0. The van der Waals surface area contributed by atoms with Crippen LogP contribution in [0.2, 0.25) is 0 Å². The molecule has 0 spiro atoms. The summed E-state index contributed by atoms with van der Waals surface area (Å²) in [5, 5.41) is 0. The SMILES string of the molecule is CC1=C(C)C2(C)C(C)=C(C)C12C.[Br][Pt][Br]. The average Bonchev–Trinajstić information content (AvgIpc) is 2.24. The van der Waals surface area contributed by atoms with Gasteiger partial charge in [-0.15, -0.1) is 0 Å². The number of allylic oxidation sites excluding steroid dienone is 4. The van der Waals surface area contributed by atoms with E-state index in [1.165, 1.54) is 0 Å². The predicted octanol–water partition coefficient (Wildman–Crippen LogP) is 5.39. The Labute approximate surface area is 115 Å². The van der Waals surface area contributed by atoms with Crippen molar-refractivity contribution in [2.45, 2.75) is 41.5 Å². The Morgan fingerprint density at radius 3 is 1.00 bits per heavy atom. The van der Waals surface area contributed by atoms with E-state index in [9.17, 15) is 0 Å². The summed E-state index contributed by atoms with van der Waals surface area (Å²) < 4.78 is 0. The molecule has 0 unspecified atom stereocenters. The minimum absolute atomic E-state index is 0.208. The first-order valence-electron chi connectivity index (χ1n) is 4.99.